The van der Waals surface area contributed by atoms with Crippen LogP contribution in [0, 0.1) is 0 Å². The molecule has 0 aliphatic carbocycles. The Morgan fingerprint density at radius 1 is 1.03 bits per heavy atom. The highest BCUT2D eigenvalue weighted by molar-refractivity contribution is 6.10. The van der Waals surface area contributed by atoms with Gasteiger partial charge >= 0.3 is 5.97 Å². The van der Waals surface area contributed by atoms with Crippen LogP contribution in [0.2, 0.25) is 0 Å². The Morgan fingerprint density at radius 2 is 1.91 bits per heavy atom. The largest absolute Gasteiger partial charge is 0.488 e. The first-order chi connectivity index (χ1) is 16.7. The first kappa shape index (κ1) is 21.7. The molecule has 5 aromatic rings. The molecule has 0 bridgehead atoms. The lowest BCUT2D eigenvalue weighted by atomic mass is 10.00. The number of nitrogens with zero attached hydrogens (tertiary/aromatic N) is 1. The van der Waals surface area contributed by atoms with Gasteiger partial charge in [0.05, 0.1) is 36.6 Å². The second-order valence-electron chi connectivity index (χ2n) is 7.84. The van der Waals surface area contributed by atoms with Crippen LogP contribution in [0.5, 0.6) is 5.75 Å². The molecule has 0 aliphatic rings. The van der Waals surface area contributed by atoms with E-state index < -0.39 is 0 Å². The van der Waals surface area contributed by atoms with Crippen molar-refractivity contribution in [2.45, 2.75) is 26.5 Å². The summed E-state index contributed by atoms with van der Waals surface area (Å²) in [7, 11) is 0. The summed E-state index contributed by atoms with van der Waals surface area (Å²) in [6, 6.07) is 15.3. The summed E-state index contributed by atoms with van der Waals surface area (Å²) in [6.45, 7) is 2.77. The van der Waals surface area contributed by atoms with Crippen molar-refractivity contribution in [1.29, 1.82) is 0 Å². The van der Waals surface area contributed by atoms with Gasteiger partial charge in [0.25, 0.3) is 0 Å². The van der Waals surface area contributed by atoms with E-state index in [4.69, 9.17) is 24.0 Å². The second-order valence-corrected chi connectivity index (χ2v) is 7.84. The van der Waals surface area contributed by atoms with Crippen LogP contribution < -0.4 is 10.5 Å². The number of hydrogen-bond donors (Lipinski definition) is 1. The summed E-state index contributed by atoms with van der Waals surface area (Å²) in [5.74, 6) is 0.352. The van der Waals surface area contributed by atoms with Gasteiger partial charge in [-0.1, -0.05) is 18.2 Å². The zero-order chi connectivity index (χ0) is 23.5. The normalized spacial score (nSPS) is 11.2. The van der Waals surface area contributed by atoms with E-state index in [1.165, 1.54) is 0 Å². The minimum absolute atomic E-state index is 0.154. The fourth-order valence-corrected chi connectivity index (χ4v) is 4.07. The molecule has 2 N–H and O–H groups in total. The Kier molecular flexibility index (Phi) is 6.01. The first-order valence-corrected chi connectivity index (χ1v) is 11.1. The molecule has 34 heavy (non-hydrogen) atoms. The Bertz CT molecular complexity index is 1470. The van der Waals surface area contributed by atoms with Gasteiger partial charge in [-0.2, -0.15) is 0 Å². The quantitative estimate of drug-likeness (QED) is 0.313. The van der Waals surface area contributed by atoms with Crippen molar-refractivity contribution in [2.24, 2.45) is 5.73 Å². The van der Waals surface area contributed by atoms with Crippen molar-refractivity contribution in [1.82, 2.24) is 4.98 Å². The maximum Gasteiger partial charge on any atom is 0.310 e. The minimum atomic E-state index is -0.284. The van der Waals surface area contributed by atoms with Crippen molar-refractivity contribution in [2.75, 3.05) is 6.61 Å². The summed E-state index contributed by atoms with van der Waals surface area (Å²) in [5.41, 5.74) is 11.6. The van der Waals surface area contributed by atoms with E-state index in [-0.39, 0.29) is 19.0 Å². The van der Waals surface area contributed by atoms with Crippen molar-refractivity contribution < 1.29 is 23.1 Å². The molecule has 172 valence electrons. The summed E-state index contributed by atoms with van der Waals surface area (Å²) in [4.78, 5) is 16.3. The summed E-state index contributed by atoms with van der Waals surface area (Å²) in [5, 5.41) is 1.81. The van der Waals surface area contributed by atoms with Gasteiger partial charge < -0.3 is 24.0 Å². The molecule has 0 saturated carbocycles. The lowest BCUT2D eigenvalue weighted by molar-refractivity contribution is -0.142. The Labute approximate surface area is 196 Å². The fraction of sp³-hybridized carbons (Fsp3) is 0.185. The third-order valence-corrected chi connectivity index (χ3v) is 5.69. The van der Waals surface area contributed by atoms with E-state index in [2.05, 4.69) is 4.98 Å². The zero-order valence-electron chi connectivity index (χ0n) is 18.7. The zero-order valence-corrected chi connectivity index (χ0v) is 18.7. The third kappa shape index (κ3) is 4.13. The molecule has 3 heterocycles. The van der Waals surface area contributed by atoms with Crippen LogP contribution in [0.3, 0.4) is 0 Å². The molecular formula is C27H24N2O5. The predicted octanol–water partition coefficient (Wildman–Crippen LogP) is 5.38. The molecule has 0 unspecified atom stereocenters. The fourth-order valence-electron chi connectivity index (χ4n) is 4.07. The molecule has 0 radical (unpaired) electrons. The monoisotopic (exact) mass is 456 g/mol. The van der Waals surface area contributed by atoms with Gasteiger partial charge in [-0.05, 0) is 42.8 Å². The first-order valence-electron chi connectivity index (χ1n) is 11.1. The highest BCUT2D eigenvalue weighted by Gasteiger charge is 2.18. The van der Waals surface area contributed by atoms with Crippen molar-refractivity contribution in [3.8, 4) is 16.9 Å². The van der Waals surface area contributed by atoms with Crippen LogP contribution in [0.15, 0.2) is 76.1 Å². The number of furan rings is 2. The Balaban J connectivity index is 1.50. The minimum Gasteiger partial charge on any atom is -0.488 e. The van der Waals surface area contributed by atoms with Gasteiger partial charge in [0, 0.05) is 34.8 Å². The lowest BCUT2D eigenvalue weighted by Crippen LogP contribution is -2.09. The molecule has 0 atom stereocenters. The number of carbonyl (C=O) groups is 1. The van der Waals surface area contributed by atoms with Crippen molar-refractivity contribution in [3.05, 3.63) is 84.1 Å². The highest BCUT2D eigenvalue weighted by Crippen LogP contribution is 2.38. The SMILES string of the molecule is CCOC(=O)Cc1ccccc1OCc1coc2c1cc(-c1ccnc(CN)c1)c1occc12. The van der Waals surface area contributed by atoms with Crippen LogP contribution >= 0.6 is 0 Å². The molecule has 7 nitrogen and oxygen atoms in total. The number of pyridine rings is 1. The lowest BCUT2D eigenvalue weighted by Gasteiger charge is -2.11. The van der Waals surface area contributed by atoms with Gasteiger partial charge in [-0.3, -0.25) is 9.78 Å². The van der Waals surface area contributed by atoms with Gasteiger partial charge in [-0.25, -0.2) is 0 Å². The van der Waals surface area contributed by atoms with Gasteiger partial charge in [0.2, 0.25) is 0 Å². The van der Waals surface area contributed by atoms with Crippen LogP contribution in [0.1, 0.15) is 23.7 Å². The maximum atomic E-state index is 12.0. The predicted molar refractivity (Wildman–Crippen MR) is 128 cm³/mol. The smallest absolute Gasteiger partial charge is 0.310 e. The molecule has 0 amide bonds. The number of aromatic nitrogens is 1. The van der Waals surface area contributed by atoms with E-state index in [9.17, 15) is 4.79 Å². The molecule has 0 fully saturated rings. The van der Waals surface area contributed by atoms with Crippen molar-refractivity contribution >= 4 is 27.9 Å². The molecule has 3 aromatic heterocycles. The van der Waals surface area contributed by atoms with E-state index in [0.717, 1.165) is 49.9 Å². The van der Waals surface area contributed by atoms with Crippen LogP contribution in [0.25, 0.3) is 33.1 Å². The third-order valence-electron chi connectivity index (χ3n) is 5.69. The molecule has 2 aromatic carbocycles. The van der Waals surface area contributed by atoms with Gasteiger partial charge in [-0.15, -0.1) is 0 Å². The molecule has 5 rings (SSSR count). The molecule has 0 saturated heterocycles. The molecule has 0 aliphatic heterocycles. The molecular weight excluding hydrogens is 432 g/mol. The number of ether oxygens (including phenoxy) is 2. The highest BCUT2D eigenvalue weighted by atomic mass is 16.5. The molecule has 7 heteroatoms. The number of fused-ring (bicyclic) bond motifs is 3. The van der Waals surface area contributed by atoms with Gasteiger partial charge in [0.15, 0.2) is 0 Å². The summed E-state index contributed by atoms with van der Waals surface area (Å²) in [6.07, 6.45) is 5.26. The topological polar surface area (TPSA) is 101 Å². The van der Waals surface area contributed by atoms with E-state index in [1.807, 2.05) is 48.5 Å². The van der Waals surface area contributed by atoms with E-state index >= 15 is 0 Å². The van der Waals surface area contributed by atoms with Gasteiger partial charge in [0.1, 0.15) is 23.5 Å². The number of esters is 1. The second kappa shape index (κ2) is 9.41. The number of rotatable bonds is 8. The summed E-state index contributed by atoms with van der Waals surface area (Å²) < 4.78 is 22.9. The number of hydrogen-bond acceptors (Lipinski definition) is 7. The number of benzene rings is 2. The van der Waals surface area contributed by atoms with Crippen LogP contribution in [-0.2, 0) is 29.1 Å². The maximum absolute atomic E-state index is 12.0. The van der Waals surface area contributed by atoms with E-state index in [1.54, 1.807) is 25.6 Å². The Morgan fingerprint density at radius 3 is 2.76 bits per heavy atom. The van der Waals surface area contributed by atoms with Crippen LogP contribution in [0.4, 0.5) is 0 Å². The number of nitrogens with two attached hydrogens (primary N) is 1. The average molecular weight is 456 g/mol. The van der Waals surface area contributed by atoms with E-state index in [0.29, 0.717) is 18.9 Å². The number of para-hydroxylation sites is 1. The standard InChI is InChI=1S/C27H24N2O5/c1-2-31-25(30)12-18-5-3-4-6-24(18)33-15-19-16-34-27-21-8-10-32-26(21)22(13-23(19)27)17-7-9-29-20(11-17)14-28/h3-11,13,16H,2,12,14-15,28H2,1H3. The Hall–Kier alpha value is -4.10. The average Bonchev–Trinajstić information content (AvgIpc) is 3.50. The number of carbonyl (C=O) groups excluding carboxylic acids is 1. The summed E-state index contributed by atoms with van der Waals surface area (Å²) >= 11 is 0. The molecule has 0 spiro atoms. The van der Waals surface area contributed by atoms with Crippen molar-refractivity contribution in [3.63, 3.8) is 0 Å². The van der Waals surface area contributed by atoms with Crippen LogP contribution in [-0.4, -0.2) is 17.6 Å².